The molecule has 8 heteroatoms. The Morgan fingerprint density at radius 1 is 1.38 bits per heavy atom. The maximum absolute atomic E-state index is 5.76. The summed E-state index contributed by atoms with van der Waals surface area (Å²) in [6.45, 7) is 0. The van der Waals surface area contributed by atoms with E-state index >= 15 is 0 Å². The van der Waals surface area contributed by atoms with Crippen molar-refractivity contribution in [3.05, 3.63) is 35.4 Å². The van der Waals surface area contributed by atoms with E-state index in [0.29, 0.717) is 6.04 Å². The predicted octanol–water partition coefficient (Wildman–Crippen LogP) is 3.16. The van der Waals surface area contributed by atoms with Crippen LogP contribution >= 0.6 is 23.1 Å². The highest BCUT2D eigenvalue weighted by Crippen LogP contribution is 2.35. The molecule has 1 aliphatic rings. The van der Waals surface area contributed by atoms with Crippen LogP contribution in [0.3, 0.4) is 0 Å². The third-order valence-electron chi connectivity index (χ3n) is 3.23. The smallest absolute Gasteiger partial charge is 0.204 e. The average molecular weight is 319 g/mol. The van der Waals surface area contributed by atoms with E-state index in [4.69, 9.17) is 4.42 Å². The largest absolute Gasteiger partial charge is 0.439 e. The van der Waals surface area contributed by atoms with Gasteiger partial charge in [0.2, 0.25) is 5.89 Å². The molecule has 4 rings (SSSR count). The molecule has 3 heterocycles. The highest BCUT2D eigenvalue weighted by molar-refractivity contribution is 7.97. The van der Waals surface area contributed by atoms with Gasteiger partial charge in [0.25, 0.3) is 0 Å². The Hall–Kier alpha value is -1.67. The molecule has 1 aliphatic carbocycles. The first kappa shape index (κ1) is 13.0. The second-order valence-corrected chi connectivity index (χ2v) is 6.79. The van der Waals surface area contributed by atoms with Gasteiger partial charge in [0.1, 0.15) is 0 Å². The summed E-state index contributed by atoms with van der Waals surface area (Å²) in [5, 5.41) is 13.9. The minimum absolute atomic E-state index is 0.516. The molecule has 0 atom stereocenters. The van der Waals surface area contributed by atoms with Crippen LogP contribution in [0.25, 0.3) is 10.6 Å². The van der Waals surface area contributed by atoms with E-state index in [0.717, 1.165) is 33.9 Å². The molecule has 21 heavy (non-hydrogen) atoms. The summed E-state index contributed by atoms with van der Waals surface area (Å²) >= 11 is 3.37. The molecule has 0 aliphatic heterocycles. The molecule has 0 radical (unpaired) electrons. The van der Waals surface area contributed by atoms with Crippen LogP contribution in [-0.4, -0.2) is 25.2 Å². The molecule has 3 aromatic heterocycles. The molecule has 0 aromatic carbocycles. The van der Waals surface area contributed by atoms with E-state index in [1.165, 1.54) is 12.8 Å². The second-order valence-electron chi connectivity index (χ2n) is 4.86. The molecule has 6 nitrogen and oxygen atoms in total. The van der Waals surface area contributed by atoms with Gasteiger partial charge in [0, 0.05) is 0 Å². The fourth-order valence-electron chi connectivity index (χ4n) is 2.05. The van der Waals surface area contributed by atoms with Crippen molar-refractivity contribution in [2.24, 2.45) is 0 Å². The molecule has 1 fully saturated rings. The molecule has 0 saturated heterocycles. The van der Waals surface area contributed by atoms with Crippen molar-refractivity contribution in [3.8, 4) is 10.6 Å². The number of hydrogen-bond donors (Lipinski definition) is 0. The van der Waals surface area contributed by atoms with Crippen LogP contribution in [0.1, 0.15) is 30.6 Å². The van der Waals surface area contributed by atoms with Gasteiger partial charge in [0.15, 0.2) is 11.6 Å². The number of thioether (sulfide) groups is 1. The molecule has 108 valence electrons. The van der Waals surface area contributed by atoms with Gasteiger partial charge in [-0.1, -0.05) is 6.07 Å². The van der Waals surface area contributed by atoms with Crippen LogP contribution in [0.5, 0.6) is 0 Å². The van der Waals surface area contributed by atoms with E-state index in [9.17, 15) is 0 Å². The number of thiophene rings is 1. The number of nitrogens with zero attached hydrogens (tertiary/aromatic N) is 5. The van der Waals surface area contributed by atoms with Crippen LogP contribution in [0, 0.1) is 0 Å². The molecule has 1 saturated carbocycles. The molecule has 0 N–H and O–H groups in total. The Morgan fingerprint density at radius 2 is 2.33 bits per heavy atom. The maximum Gasteiger partial charge on any atom is 0.204 e. The molecule has 0 unspecified atom stereocenters. The zero-order valence-electron chi connectivity index (χ0n) is 11.2. The first-order valence-corrected chi connectivity index (χ1v) is 8.76. The lowest BCUT2D eigenvalue weighted by molar-refractivity contribution is 0.531. The lowest BCUT2D eigenvalue weighted by Gasteiger charge is -2.00. The van der Waals surface area contributed by atoms with Crippen LogP contribution in [0.15, 0.2) is 28.1 Å². The predicted molar refractivity (Wildman–Crippen MR) is 80.9 cm³/mol. The Balaban J connectivity index is 1.35. The molecule has 3 aromatic rings. The van der Waals surface area contributed by atoms with Gasteiger partial charge in [-0.15, -0.1) is 28.2 Å². The number of hydrogen-bond acceptors (Lipinski definition) is 7. The van der Waals surface area contributed by atoms with Crippen molar-refractivity contribution >= 4 is 23.1 Å². The van der Waals surface area contributed by atoms with Crippen molar-refractivity contribution < 1.29 is 4.42 Å². The number of tetrazole rings is 1. The number of oxazole rings is 1. The fourth-order valence-corrected chi connectivity index (χ4v) is 3.50. The van der Waals surface area contributed by atoms with Crippen molar-refractivity contribution in [3.63, 3.8) is 0 Å². The van der Waals surface area contributed by atoms with Gasteiger partial charge >= 0.3 is 0 Å². The molecular formula is C13H13N5OS2. The summed E-state index contributed by atoms with van der Waals surface area (Å²) in [5.74, 6) is 4.02. The summed E-state index contributed by atoms with van der Waals surface area (Å²) in [4.78, 5) is 5.43. The van der Waals surface area contributed by atoms with E-state index in [-0.39, 0.29) is 0 Å². The second kappa shape index (κ2) is 5.61. The van der Waals surface area contributed by atoms with Gasteiger partial charge in [-0.25, -0.2) is 9.67 Å². The van der Waals surface area contributed by atoms with Crippen LogP contribution in [0.4, 0.5) is 0 Å². The van der Waals surface area contributed by atoms with Crippen molar-refractivity contribution in [2.75, 3.05) is 0 Å². The normalized spacial score (nSPS) is 14.7. The van der Waals surface area contributed by atoms with E-state index in [2.05, 4.69) is 20.5 Å². The average Bonchev–Trinajstić information content (AvgIpc) is 2.96. The maximum atomic E-state index is 5.76. The minimum atomic E-state index is 0.516. The van der Waals surface area contributed by atoms with Gasteiger partial charge < -0.3 is 4.42 Å². The molecule has 0 spiro atoms. The highest BCUT2D eigenvalue weighted by Gasteiger charge is 2.27. The molecule has 0 amide bonds. The van der Waals surface area contributed by atoms with Crippen molar-refractivity contribution in [1.82, 2.24) is 25.2 Å². The van der Waals surface area contributed by atoms with Crippen LogP contribution in [-0.2, 0) is 11.5 Å². The van der Waals surface area contributed by atoms with Crippen LogP contribution < -0.4 is 0 Å². The van der Waals surface area contributed by atoms with Crippen molar-refractivity contribution in [1.29, 1.82) is 0 Å². The van der Waals surface area contributed by atoms with E-state index < -0.39 is 0 Å². The zero-order valence-corrected chi connectivity index (χ0v) is 12.8. The van der Waals surface area contributed by atoms with Crippen LogP contribution in [0.2, 0.25) is 0 Å². The first-order chi connectivity index (χ1) is 10.4. The molecule has 0 bridgehead atoms. The van der Waals surface area contributed by atoms with Gasteiger partial charge in [0.05, 0.1) is 28.6 Å². The summed E-state index contributed by atoms with van der Waals surface area (Å²) in [5.41, 5.74) is 0. The third kappa shape index (κ3) is 2.86. The quantitative estimate of drug-likeness (QED) is 0.695. The van der Waals surface area contributed by atoms with E-state index in [1.54, 1.807) is 29.3 Å². The third-order valence-corrected chi connectivity index (χ3v) is 5.03. The Morgan fingerprint density at radius 3 is 3.14 bits per heavy atom. The first-order valence-electron chi connectivity index (χ1n) is 6.73. The van der Waals surface area contributed by atoms with E-state index in [1.807, 2.05) is 22.2 Å². The standard InChI is InChI=1S/C13H13N5OS2/c1-2-11(21-5-1)10-6-14-13(19-10)8-20-7-12-15-16-17-18(12)9-3-4-9/h1-2,5-6,9H,3-4,7-8H2. The highest BCUT2D eigenvalue weighted by atomic mass is 32.2. The van der Waals surface area contributed by atoms with Gasteiger partial charge in [-0.2, -0.15) is 0 Å². The molecular weight excluding hydrogens is 306 g/mol. The summed E-state index contributed by atoms with van der Waals surface area (Å²) in [7, 11) is 0. The monoisotopic (exact) mass is 319 g/mol. The number of aromatic nitrogens is 5. The van der Waals surface area contributed by atoms with Gasteiger partial charge in [-0.3, -0.25) is 0 Å². The zero-order chi connectivity index (χ0) is 14.1. The number of rotatable bonds is 6. The topological polar surface area (TPSA) is 69.6 Å². The summed E-state index contributed by atoms with van der Waals surface area (Å²) in [6, 6.07) is 4.56. The summed E-state index contributed by atoms with van der Waals surface area (Å²) < 4.78 is 7.70. The Kier molecular flexibility index (Phi) is 3.48. The lowest BCUT2D eigenvalue weighted by Crippen LogP contribution is -2.02. The summed E-state index contributed by atoms with van der Waals surface area (Å²) in [6.07, 6.45) is 4.16. The lowest BCUT2D eigenvalue weighted by atomic mass is 10.4. The SMILES string of the molecule is c1csc(-c2cnc(CSCc3nnnn3C3CC3)o2)c1. The van der Waals surface area contributed by atoms with Crippen molar-refractivity contribution in [2.45, 2.75) is 30.4 Å². The minimum Gasteiger partial charge on any atom is -0.439 e. The Bertz CT molecular complexity index is 717. The Labute approximate surface area is 129 Å². The van der Waals surface area contributed by atoms with Gasteiger partial charge in [-0.05, 0) is 34.7 Å². The fraction of sp³-hybridized carbons (Fsp3) is 0.385.